The minimum absolute atomic E-state index is 0.126. The third kappa shape index (κ3) is 3.79. The first-order valence-electron chi connectivity index (χ1n) is 7.75. The van der Waals surface area contributed by atoms with E-state index in [1.807, 2.05) is 24.3 Å². The van der Waals surface area contributed by atoms with Crippen LogP contribution in [0.3, 0.4) is 0 Å². The molecule has 1 N–H and O–H groups in total. The van der Waals surface area contributed by atoms with Crippen LogP contribution in [0, 0.1) is 5.82 Å². The first-order chi connectivity index (χ1) is 11.5. The smallest absolute Gasteiger partial charge is 0.243 e. The summed E-state index contributed by atoms with van der Waals surface area (Å²) in [6.45, 7) is 2.08. The maximum absolute atomic E-state index is 13.9. The van der Waals surface area contributed by atoms with Gasteiger partial charge >= 0.3 is 0 Å². The minimum atomic E-state index is -3.93. The number of halogens is 2. The molecule has 1 fully saturated rings. The van der Waals surface area contributed by atoms with Gasteiger partial charge in [-0.15, -0.1) is 0 Å². The predicted molar refractivity (Wildman–Crippen MR) is 96.0 cm³/mol. The number of hydrogen-bond acceptors (Lipinski definition) is 3. The van der Waals surface area contributed by atoms with E-state index in [1.165, 1.54) is 12.1 Å². The van der Waals surface area contributed by atoms with Crippen LogP contribution in [0.1, 0.15) is 18.4 Å². The van der Waals surface area contributed by atoms with Crippen molar-refractivity contribution in [3.63, 3.8) is 0 Å². The molecule has 1 aliphatic rings. The molecule has 0 spiro atoms. The van der Waals surface area contributed by atoms with Gasteiger partial charge in [0.1, 0.15) is 10.7 Å². The summed E-state index contributed by atoms with van der Waals surface area (Å²) in [5.74, 6) is -0.765. The second-order valence-electron chi connectivity index (χ2n) is 5.72. The van der Waals surface area contributed by atoms with Crippen LogP contribution in [0.4, 0.5) is 10.1 Å². The number of nitrogens with one attached hydrogen (secondary N) is 1. The molecule has 24 heavy (non-hydrogen) atoms. The normalized spacial score (nSPS) is 15.0. The van der Waals surface area contributed by atoms with Crippen molar-refractivity contribution in [2.24, 2.45) is 0 Å². The summed E-state index contributed by atoms with van der Waals surface area (Å²) in [6, 6.07) is 11.6. The SMILES string of the molecule is O=S(=O)(NCc1ccccc1N1CCCC1)c1cc(Br)ccc1F. The average molecular weight is 413 g/mol. The lowest BCUT2D eigenvalue weighted by Gasteiger charge is -2.21. The van der Waals surface area contributed by atoms with Gasteiger partial charge in [-0.25, -0.2) is 17.5 Å². The Morgan fingerprint density at radius 3 is 2.58 bits per heavy atom. The molecule has 4 nitrogen and oxygen atoms in total. The molecule has 1 saturated heterocycles. The molecular formula is C17H18BrFN2O2S. The zero-order valence-corrected chi connectivity index (χ0v) is 15.4. The fourth-order valence-corrected chi connectivity index (χ4v) is 4.48. The zero-order valence-electron chi connectivity index (χ0n) is 13.0. The summed E-state index contributed by atoms with van der Waals surface area (Å²) in [6.07, 6.45) is 2.28. The zero-order chi connectivity index (χ0) is 17.2. The Bertz CT molecular complexity index is 836. The molecule has 0 aliphatic carbocycles. The summed E-state index contributed by atoms with van der Waals surface area (Å²) in [7, 11) is -3.93. The minimum Gasteiger partial charge on any atom is -0.371 e. The van der Waals surface area contributed by atoms with Crippen molar-refractivity contribution in [3.05, 3.63) is 58.3 Å². The number of nitrogens with zero attached hydrogens (tertiary/aromatic N) is 1. The lowest BCUT2D eigenvalue weighted by molar-refractivity contribution is 0.556. The van der Waals surface area contributed by atoms with E-state index in [2.05, 4.69) is 25.6 Å². The van der Waals surface area contributed by atoms with Gasteiger partial charge in [0.15, 0.2) is 0 Å². The van der Waals surface area contributed by atoms with Crippen molar-refractivity contribution in [1.82, 2.24) is 4.72 Å². The molecule has 2 aromatic rings. The van der Waals surface area contributed by atoms with Crippen LogP contribution in [0.5, 0.6) is 0 Å². The molecule has 3 rings (SSSR count). The highest BCUT2D eigenvalue weighted by molar-refractivity contribution is 9.10. The van der Waals surface area contributed by atoms with Gasteiger partial charge in [0, 0.05) is 29.8 Å². The molecule has 1 aliphatic heterocycles. The van der Waals surface area contributed by atoms with Crippen LogP contribution in [-0.4, -0.2) is 21.5 Å². The molecule has 128 valence electrons. The van der Waals surface area contributed by atoms with Crippen LogP contribution in [0.25, 0.3) is 0 Å². The molecular weight excluding hydrogens is 395 g/mol. The highest BCUT2D eigenvalue weighted by Crippen LogP contribution is 2.25. The fourth-order valence-electron chi connectivity index (χ4n) is 2.86. The molecule has 0 unspecified atom stereocenters. The largest absolute Gasteiger partial charge is 0.371 e. The number of benzene rings is 2. The van der Waals surface area contributed by atoms with E-state index in [0.29, 0.717) is 4.47 Å². The number of anilines is 1. The Morgan fingerprint density at radius 1 is 1.12 bits per heavy atom. The number of sulfonamides is 1. The molecule has 1 heterocycles. The predicted octanol–water partition coefficient (Wildman–Crippen LogP) is 3.67. The highest BCUT2D eigenvalue weighted by atomic mass is 79.9. The summed E-state index contributed by atoms with van der Waals surface area (Å²) in [5, 5.41) is 0. The monoisotopic (exact) mass is 412 g/mol. The summed E-state index contributed by atoms with van der Waals surface area (Å²) in [5.41, 5.74) is 1.92. The molecule has 0 bridgehead atoms. The first-order valence-corrected chi connectivity index (χ1v) is 10.0. The van der Waals surface area contributed by atoms with E-state index in [4.69, 9.17) is 0 Å². The number of rotatable bonds is 5. The van der Waals surface area contributed by atoms with Crippen molar-refractivity contribution in [3.8, 4) is 0 Å². The molecule has 2 aromatic carbocycles. The molecule has 0 radical (unpaired) electrons. The quantitative estimate of drug-likeness (QED) is 0.814. The van der Waals surface area contributed by atoms with E-state index in [1.54, 1.807) is 0 Å². The average Bonchev–Trinajstić information content (AvgIpc) is 3.10. The summed E-state index contributed by atoms with van der Waals surface area (Å²) in [4.78, 5) is 1.90. The van der Waals surface area contributed by atoms with E-state index in [-0.39, 0.29) is 11.4 Å². The van der Waals surface area contributed by atoms with Gasteiger partial charge in [-0.1, -0.05) is 34.1 Å². The van der Waals surface area contributed by atoms with Crippen LogP contribution < -0.4 is 9.62 Å². The Kier molecular flexibility index (Phi) is 5.22. The van der Waals surface area contributed by atoms with Gasteiger partial charge < -0.3 is 4.90 Å². The maximum Gasteiger partial charge on any atom is 0.243 e. The maximum atomic E-state index is 13.9. The topological polar surface area (TPSA) is 49.4 Å². The number of hydrogen-bond donors (Lipinski definition) is 1. The highest BCUT2D eigenvalue weighted by Gasteiger charge is 2.21. The third-order valence-corrected chi connectivity index (χ3v) is 5.98. The first kappa shape index (κ1) is 17.4. The Labute approximate surface area is 149 Å². The van der Waals surface area contributed by atoms with Crippen LogP contribution >= 0.6 is 15.9 Å². The Hall–Kier alpha value is -1.44. The standard InChI is InChI=1S/C17H18BrFN2O2S/c18-14-7-8-15(19)17(11-14)24(22,23)20-12-13-5-1-2-6-16(13)21-9-3-4-10-21/h1-2,5-8,11,20H,3-4,9-10,12H2. The lowest BCUT2D eigenvalue weighted by Crippen LogP contribution is -2.26. The van der Waals surface area contributed by atoms with E-state index in [9.17, 15) is 12.8 Å². The summed E-state index contributed by atoms with van der Waals surface area (Å²) < 4.78 is 41.7. The van der Waals surface area contributed by atoms with Crippen molar-refractivity contribution in [1.29, 1.82) is 0 Å². The van der Waals surface area contributed by atoms with Gasteiger partial charge in [-0.05, 0) is 42.7 Å². The van der Waals surface area contributed by atoms with Gasteiger partial charge in [-0.3, -0.25) is 0 Å². The fraction of sp³-hybridized carbons (Fsp3) is 0.294. The van der Waals surface area contributed by atoms with Gasteiger partial charge in [-0.2, -0.15) is 0 Å². The van der Waals surface area contributed by atoms with E-state index >= 15 is 0 Å². The third-order valence-electron chi connectivity index (χ3n) is 4.07. The second-order valence-corrected chi connectivity index (χ2v) is 8.37. The molecule has 0 atom stereocenters. The summed E-state index contributed by atoms with van der Waals surface area (Å²) >= 11 is 3.18. The van der Waals surface area contributed by atoms with Gasteiger partial charge in [0.25, 0.3) is 0 Å². The van der Waals surface area contributed by atoms with E-state index < -0.39 is 15.8 Å². The molecule has 7 heteroatoms. The van der Waals surface area contributed by atoms with Crippen LogP contribution in [-0.2, 0) is 16.6 Å². The van der Waals surface area contributed by atoms with Crippen molar-refractivity contribution >= 4 is 31.6 Å². The van der Waals surface area contributed by atoms with Crippen molar-refractivity contribution in [2.75, 3.05) is 18.0 Å². The number of para-hydroxylation sites is 1. The Morgan fingerprint density at radius 2 is 1.83 bits per heavy atom. The lowest BCUT2D eigenvalue weighted by atomic mass is 10.1. The molecule has 0 aromatic heterocycles. The van der Waals surface area contributed by atoms with Crippen LogP contribution in [0.2, 0.25) is 0 Å². The molecule has 0 amide bonds. The van der Waals surface area contributed by atoms with Crippen molar-refractivity contribution in [2.45, 2.75) is 24.3 Å². The second kappa shape index (κ2) is 7.21. The van der Waals surface area contributed by atoms with Crippen LogP contribution in [0.15, 0.2) is 51.8 Å². The van der Waals surface area contributed by atoms with Crippen molar-refractivity contribution < 1.29 is 12.8 Å². The van der Waals surface area contributed by atoms with Gasteiger partial charge in [0.2, 0.25) is 10.0 Å². The van der Waals surface area contributed by atoms with E-state index in [0.717, 1.165) is 43.2 Å². The Balaban J connectivity index is 1.81. The molecule has 0 saturated carbocycles. The van der Waals surface area contributed by atoms with Gasteiger partial charge in [0.05, 0.1) is 0 Å².